The van der Waals surface area contributed by atoms with Gasteiger partial charge in [0.1, 0.15) is 17.3 Å². The molecule has 2 rings (SSSR count). The van der Waals surface area contributed by atoms with Crippen LogP contribution in [-0.2, 0) is 18.9 Å². The van der Waals surface area contributed by atoms with Gasteiger partial charge < -0.3 is 29.2 Å². The first kappa shape index (κ1) is 16.1. The predicted octanol–water partition coefficient (Wildman–Crippen LogP) is 0.793. The van der Waals surface area contributed by atoms with Crippen LogP contribution in [0.15, 0.2) is 0 Å². The summed E-state index contributed by atoms with van der Waals surface area (Å²) in [4.78, 5) is 0. The van der Waals surface area contributed by atoms with Gasteiger partial charge in [0.2, 0.25) is 0 Å². The minimum atomic E-state index is -1.22. The number of hydrogen-bond acceptors (Lipinski definition) is 6. The number of unbranched alkanes of at least 4 members (excludes halogenated alkanes) is 1. The van der Waals surface area contributed by atoms with E-state index in [-0.39, 0.29) is 13.2 Å². The standard InChI is InChI=1S/C14H26O6/c1-5-6-7-17-13(4)10-11(19-12(2,3)18-10)20-14(13,8-15)9-16/h10-11,15-16H,5-9H2,1-4H3/t10-,11-,13+/m0/s1. The van der Waals surface area contributed by atoms with Crippen molar-refractivity contribution in [3.05, 3.63) is 0 Å². The largest absolute Gasteiger partial charge is 0.393 e. The molecule has 3 atom stereocenters. The van der Waals surface area contributed by atoms with Crippen LogP contribution in [0, 0.1) is 0 Å². The molecule has 0 saturated carbocycles. The second-order valence-corrected chi connectivity index (χ2v) is 6.16. The van der Waals surface area contributed by atoms with Gasteiger partial charge in [-0.2, -0.15) is 0 Å². The molecular formula is C14H26O6. The van der Waals surface area contributed by atoms with Crippen molar-refractivity contribution < 1.29 is 29.2 Å². The van der Waals surface area contributed by atoms with Crippen LogP contribution in [0.25, 0.3) is 0 Å². The summed E-state index contributed by atoms with van der Waals surface area (Å²) in [6.07, 6.45) is 0.771. The lowest BCUT2D eigenvalue weighted by Crippen LogP contribution is -2.61. The Morgan fingerprint density at radius 1 is 1.05 bits per heavy atom. The van der Waals surface area contributed by atoms with Gasteiger partial charge in [-0.15, -0.1) is 0 Å². The fourth-order valence-electron chi connectivity index (χ4n) is 2.87. The molecule has 0 unspecified atom stereocenters. The van der Waals surface area contributed by atoms with Crippen molar-refractivity contribution in [1.29, 1.82) is 0 Å². The van der Waals surface area contributed by atoms with Crippen LogP contribution in [0.2, 0.25) is 0 Å². The summed E-state index contributed by atoms with van der Waals surface area (Å²) < 4.78 is 23.3. The molecule has 0 aromatic carbocycles. The van der Waals surface area contributed by atoms with Gasteiger partial charge in [-0.25, -0.2) is 0 Å². The molecule has 2 heterocycles. The molecule has 0 bridgehead atoms. The minimum absolute atomic E-state index is 0.355. The Balaban J connectivity index is 2.24. The second kappa shape index (κ2) is 5.51. The summed E-state index contributed by atoms with van der Waals surface area (Å²) >= 11 is 0. The molecule has 2 fully saturated rings. The molecule has 2 N–H and O–H groups in total. The fraction of sp³-hybridized carbons (Fsp3) is 1.00. The highest BCUT2D eigenvalue weighted by Gasteiger charge is 2.69. The van der Waals surface area contributed by atoms with Crippen molar-refractivity contribution in [2.24, 2.45) is 0 Å². The Morgan fingerprint density at radius 3 is 2.25 bits per heavy atom. The third-order valence-corrected chi connectivity index (χ3v) is 4.26. The molecule has 6 heteroatoms. The highest BCUT2D eigenvalue weighted by atomic mass is 16.8. The SMILES string of the molecule is CCCCO[C@]1(C)[C@H]2OC(C)(C)O[C@H]2OC1(CO)CO. The maximum atomic E-state index is 9.72. The van der Waals surface area contributed by atoms with Crippen molar-refractivity contribution >= 4 is 0 Å². The Kier molecular flexibility index (Phi) is 4.45. The molecule has 6 nitrogen and oxygen atoms in total. The Bertz CT molecular complexity index is 341. The van der Waals surface area contributed by atoms with E-state index in [1.54, 1.807) is 13.8 Å². The monoisotopic (exact) mass is 290 g/mol. The van der Waals surface area contributed by atoms with Gasteiger partial charge in [-0.1, -0.05) is 13.3 Å². The van der Waals surface area contributed by atoms with Crippen LogP contribution in [-0.4, -0.2) is 59.4 Å². The molecular weight excluding hydrogens is 264 g/mol. The zero-order valence-electron chi connectivity index (χ0n) is 12.7. The number of ether oxygens (including phenoxy) is 4. The summed E-state index contributed by atoms with van der Waals surface area (Å²) in [5.41, 5.74) is -2.17. The van der Waals surface area contributed by atoms with Gasteiger partial charge in [0.15, 0.2) is 12.1 Å². The van der Waals surface area contributed by atoms with Gasteiger partial charge in [0, 0.05) is 6.61 Å². The molecule has 2 aliphatic rings. The molecule has 0 radical (unpaired) electrons. The van der Waals surface area contributed by atoms with E-state index < -0.39 is 29.4 Å². The van der Waals surface area contributed by atoms with Crippen LogP contribution < -0.4 is 0 Å². The first-order valence-corrected chi connectivity index (χ1v) is 7.23. The Hall–Kier alpha value is -0.240. The van der Waals surface area contributed by atoms with Crippen LogP contribution >= 0.6 is 0 Å². The molecule has 2 saturated heterocycles. The lowest BCUT2D eigenvalue weighted by atomic mass is 9.83. The Labute approximate surface area is 120 Å². The maximum absolute atomic E-state index is 9.72. The summed E-state index contributed by atoms with van der Waals surface area (Å²) in [6, 6.07) is 0. The van der Waals surface area contributed by atoms with E-state index in [1.807, 2.05) is 6.92 Å². The zero-order valence-corrected chi connectivity index (χ0v) is 12.7. The topological polar surface area (TPSA) is 77.4 Å². The molecule has 0 aromatic heterocycles. The number of aliphatic hydroxyl groups excluding tert-OH is 2. The summed E-state index contributed by atoms with van der Waals surface area (Å²) in [5.74, 6) is -0.762. The van der Waals surface area contributed by atoms with Crippen molar-refractivity contribution in [3.8, 4) is 0 Å². The summed E-state index contributed by atoms with van der Waals surface area (Å²) in [6.45, 7) is 7.30. The molecule has 0 aliphatic carbocycles. The van der Waals surface area contributed by atoms with Crippen LogP contribution in [0.3, 0.4) is 0 Å². The highest BCUT2D eigenvalue weighted by Crippen LogP contribution is 2.49. The Morgan fingerprint density at radius 2 is 1.70 bits per heavy atom. The molecule has 2 aliphatic heterocycles. The molecule has 0 spiro atoms. The van der Waals surface area contributed by atoms with E-state index in [0.29, 0.717) is 6.61 Å². The third kappa shape index (κ3) is 2.38. The quantitative estimate of drug-likeness (QED) is 0.704. The van der Waals surface area contributed by atoms with E-state index in [9.17, 15) is 10.2 Å². The van der Waals surface area contributed by atoms with Crippen molar-refractivity contribution in [2.75, 3.05) is 19.8 Å². The first-order chi connectivity index (χ1) is 9.34. The van der Waals surface area contributed by atoms with E-state index in [2.05, 4.69) is 6.92 Å². The number of rotatable bonds is 6. The zero-order chi connectivity index (χ0) is 15.0. The smallest absolute Gasteiger partial charge is 0.191 e. The normalized spacial score (nSPS) is 38.1. The van der Waals surface area contributed by atoms with Gasteiger partial charge in [-0.3, -0.25) is 0 Å². The molecule has 20 heavy (non-hydrogen) atoms. The predicted molar refractivity (Wildman–Crippen MR) is 71.1 cm³/mol. The fourth-order valence-corrected chi connectivity index (χ4v) is 2.87. The lowest BCUT2D eigenvalue weighted by molar-refractivity contribution is -0.278. The van der Waals surface area contributed by atoms with Crippen molar-refractivity contribution in [2.45, 2.75) is 69.9 Å². The van der Waals surface area contributed by atoms with Crippen LogP contribution in [0.1, 0.15) is 40.5 Å². The molecule has 0 amide bonds. The molecule has 118 valence electrons. The number of hydrogen-bond donors (Lipinski definition) is 2. The first-order valence-electron chi connectivity index (χ1n) is 7.23. The van der Waals surface area contributed by atoms with Crippen LogP contribution in [0.4, 0.5) is 0 Å². The van der Waals surface area contributed by atoms with E-state index >= 15 is 0 Å². The van der Waals surface area contributed by atoms with Crippen molar-refractivity contribution in [1.82, 2.24) is 0 Å². The minimum Gasteiger partial charge on any atom is -0.393 e. The van der Waals surface area contributed by atoms with Crippen LogP contribution in [0.5, 0.6) is 0 Å². The summed E-state index contributed by atoms with van der Waals surface area (Å²) in [7, 11) is 0. The third-order valence-electron chi connectivity index (χ3n) is 4.26. The van der Waals surface area contributed by atoms with Gasteiger partial charge in [0.05, 0.1) is 13.2 Å². The van der Waals surface area contributed by atoms with Gasteiger partial charge >= 0.3 is 0 Å². The lowest BCUT2D eigenvalue weighted by Gasteiger charge is -2.42. The summed E-state index contributed by atoms with van der Waals surface area (Å²) in [5, 5.41) is 19.4. The second-order valence-electron chi connectivity index (χ2n) is 6.16. The van der Waals surface area contributed by atoms with E-state index in [1.165, 1.54) is 0 Å². The highest BCUT2D eigenvalue weighted by molar-refractivity contribution is 5.13. The van der Waals surface area contributed by atoms with E-state index in [4.69, 9.17) is 18.9 Å². The van der Waals surface area contributed by atoms with E-state index in [0.717, 1.165) is 12.8 Å². The molecule has 0 aromatic rings. The average molecular weight is 290 g/mol. The number of aliphatic hydroxyl groups is 2. The number of fused-ring (bicyclic) bond motifs is 1. The van der Waals surface area contributed by atoms with Crippen molar-refractivity contribution in [3.63, 3.8) is 0 Å². The van der Waals surface area contributed by atoms with Gasteiger partial charge in [-0.05, 0) is 27.2 Å². The average Bonchev–Trinajstić information content (AvgIpc) is 2.81. The van der Waals surface area contributed by atoms with Gasteiger partial charge in [0.25, 0.3) is 0 Å². The maximum Gasteiger partial charge on any atom is 0.191 e.